The third kappa shape index (κ3) is 3.08. The topological polar surface area (TPSA) is 73.7 Å². The lowest BCUT2D eigenvalue weighted by Gasteiger charge is -2.09. The number of rotatable bonds is 3. The molecule has 13 heavy (non-hydrogen) atoms. The molecule has 1 heterocycles. The van der Waals surface area contributed by atoms with Gasteiger partial charge in [-0.3, -0.25) is 10.2 Å². The average Bonchev–Trinajstić information content (AvgIpc) is 2.15. The fourth-order valence-corrected chi connectivity index (χ4v) is 0.862. The molecule has 2 N–H and O–H groups in total. The Labute approximate surface area is 75.2 Å². The number of pyridine rings is 1. The molecule has 0 unspecified atom stereocenters. The molecule has 0 aliphatic heterocycles. The van der Waals surface area contributed by atoms with E-state index >= 15 is 0 Å². The Morgan fingerprint density at radius 1 is 1.54 bits per heavy atom. The van der Waals surface area contributed by atoms with Crippen molar-refractivity contribution >= 4 is 6.09 Å². The van der Waals surface area contributed by atoms with Crippen molar-refractivity contribution in [3.05, 3.63) is 30.1 Å². The minimum atomic E-state index is -1.35. The molecule has 0 saturated heterocycles. The first-order valence-corrected chi connectivity index (χ1v) is 3.79. The van der Waals surface area contributed by atoms with Crippen LogP contribution in [0.25, 0.3) is 0 Å². The first-order chi connectivity index (χ1) is 6.20. The molecule has 1 rings (SSSR count). The molecule has 0 atom stereocenters. The van der Waals surface area contributed by atoms with Gasteiger partial charge in [0.15, 0.2) is 0 Å². The highest BCUT2D eigenvalue weighted by molar-refractivity contribution is 5.63. The van der Waals surface area contributed by atoms with Crippen molar-refractivity contribution in [2.45, 2.75) is 6.42 Å². The highest BCUT2D eigenvalue weighted by Crippen LogP contribution is 1.96. The summed E-state index contributed by atoms with van der Waals surface area (Å²) >= 11 is 0. The molecule has 0 saturated carbocycles. The molecule has 0 aromatic carbocycles. The van der Waals surface area contributed by atoms with Crippen LogP contribution in [0, 0.1) is 0 Å². The van der Waals surface area contributed by atoms with Crippen LogP contribution in [0.1, 0.15) is 5.69 Å². The fraction of sp³-hybridized carbons (Fsp3) is 0.250. The smallest absolute Gasteiger partial charge is 0.431 e. The van der Waals surface area contributed by atoms with Gasteiger partial charge in [0.25, 0.3) is 0 Å². The van der Waals surface area contributed by atoms with E-state index in [4.69, 9.17) is 10.3 Å². The normalized spacial score (nSPS) is 9.62. The van der Waals surface area contributed by atoms with Gasteiger partial charge in [0.05, 0.1) is 6.54 Å². The van der Waals surface area contributed by atoms with E-state index in [1.54, 1.807) is 18.3 Å². The van der Waals surface area contributed by atoms with Crippen LogP contribution >= 0.6 is 0 Å². The number of aromatic nitrogens is 1. The van der Waals surface area contributed by atoms with Gasteiger partial charge in [-0.25, -0.2) is 4.79 Å². The van der Waals surface area contributed by atoms with Crippen molar-refractivity contribution in [1.82, 2.24) is 10.0 Å². The average molecular weight is 182 g/mol. The molecule has 5 nitrogen and oxygen atoms in total. The summed E-state index contributed by atoms with van der Waals surface area (Å²) in [5.41, 5.74) is 0.753. The summed E-state index contributed by atoms with van der Waals surface area (Å²) in [4.78, 5) is 14.2. The van der Waals surface area contributed by atoms with Crippen LogP contribution < -0.4 is 0 Å². The summed E-state index contributed by atoms with van der Waals surface area (Å²) in [5.74, 6) is 0. The minimum absolute atomic E-state index is 0.0341. The molecular weight excluding hydrogens is 172 g/mol. The number of hydrogen-bond acceptors (Lipinski definition) is 3. The summed E-state index contributed by atoms with van der Waals surface area (Å²) in [6, 6.07) is 5.36. The number of hydroxylamine groups is 2. The summed E-state index contributed by atoms with van der Waals surface area (Å²) in [5, 5.41) is 17.4. The van der Waals surface area contributed by atoms with Crippen molar-refractivity contribution in [1.29, 1.82) is 0 Å². The van der Waals surface area contributed by atoms with Crippen LogP contribution in [0.15, 0.2) is 24.4 Å². The van der Waals surface area contributed by atoms with Crippen molar-refractivity contribution in [2.75, 3.05) is 6.54 Å². The zero-order valence-electron chi connectivity index (χ0n) is 6.92. The molecule has 0 bridgehead atoms. The molecule has 0 aliphatic carbocycles. The Kier molecular flexibility index (Phi) is 3.22. The highest BCUT2D eigenvalue weighted by Gasteiger charge is 2.06. The highest BCUT2D eigenvalue weighted by atomic mass is 16.6. The molecule has 5 heteroatoms. The van der Waals surface area contributed by atoms with E-state index in [1.165, 1.54) is 0 Å². The molecule has 0 spiro atoms. The van der Waals surface area contributed by atoms with E-state index in [1.807, 2.05) is 6.07 Å². The van der Waals surface area contributed by atoms with Gasteiger partial charge in [-0.05, 0) is 12.1 Å². The van der Waals surface area contributed by atoms with Crippen LogP contribution in [-0.4, -0.2) is 33.0 Å². The van der Waals surface area contributed by atoms with Gasteiger partial charge in [-0.1, -0.05) is 6.07 Å². The van der Waals surface area contributed by atoms with E-state index < -0.39 is 6.09 Å². The molecule has 1 aromatic heterocycles. The molecule has 1 aromatic rings. The fourth-order valence-electron chi connectivity index (χ4n) is 0.862. The Morgan fingerprint density at radius 2 is 2.31 bits per heavy atom. The molecule has 0 radical (unpaired) electrons. The second-order valence-electron chi connectivity index (χ2n) is 2.48. The Balaban J connectivity index is 2.39. The van der Waals surface area contributed by atoms with Gasteiger partial charge in [-0.15, -0.1) is 0 Å². The van der Waals surface area contributed by atoms with E-state index in [-0.39, 0.29) is 11.6 Å². The van der Waals surface area contributed by atoms with Gasteiger partial charge in [-0.2, -0.15) is 5.06 Å². The molecule has 70 valence electrons. The van der Waals surface area contributed by atoms with Gasteiger partial charge in [0.2, 0.25) is 0 Å². The second kappa shape index (κ2) is 4.42. The zero-order valence-corrected chi connectivity index (χ0v) is 6.92. The monoisotopic (exact) mass is 182 g/mol. The summed E-state index contributed by atoms with van der Waals surface area (Å²) < 4.78 is 0. The number of hydrogen-bond donors (Lipinski definition) is 2. The first kappa shape index (κ1) is 9.47. The first-order valence-electron chi connectivity index (χ1n) is 3.79. The van der Waals surface area contributed by atoms with Crippen molar-refractivity contribution in [3.63, 3.8) is 0 Å². The van der Waals surface area contributed by atoms with E-state index in [0.29, 0.717) is 6.42 Å². The Morgan fingerprint density at radius 3 is 2.85 bits per heavy atom. The van der Waals surface area contributed by atoms with Crippen molar-refractivity contribution in [3.8, 4) is 0 Å². The maximum atomic E-state index is 10.2. The number of carbonyl (C=O) groups is 1. The van der Waals surface area contributed by atoms with Gasteiger partial charge in [0.1, 0.15) is 0 Å². The van der Waals surface area contributed by atoms with E-state index in [0.717, 1.165) is 5.69 Å². The lowest BCUT2D eigenvalue weighted by molar-refractivity contribution is -0.0628. The Hall–Kier alpha value is -1.62. The van der Waals surface area contributed by atoms with E-state index in [9.17, 15) is 4.79 Å². The molecule has 1 amide bonds. The number of nitrogens with zero attached hydrogens (tertiary/aromatic N) is 2. The predicted molar refractivity (Wildman–Crippen MR) is 44.5 cm³/mol. The second-order valence-corrected chi connectivity index (χ2v) is 2.48. The quantitative estimate of drug-likeness (QED) is 0.540. The maximum absolute atomic E-state index is 10.2. The van der Waals surface area contributed by atoms with Crippen molar-refractivity contribution in [2.24, 2.45) is 0 Å². The standard InChI is InChI=1S/C8H10N2O3/c11-8(12)10(13)6-4-7-3-1-2-5-9-7/h1-3,5,13H,4,6H2,(H,11,12). The van der Waals surface area contributed by atoms with Crippen LogP contribution in [0.4, 0.5) is 4.79 Å². The summed E-state index contributed by atoms with van der Waals surface area (Å²) in [6.07, 6.45) is 0.678. The van der Waals surface area contributed by atoms with Crippen molar-refractivity contribution < 1.29 is 15.1 Å². The largest absolute Gasteiger partial charge is 0.463 e. The number of carboxylic acid groups (broad SMARTS) is 1. The van der Waals surface area contributed by atoms with Crippen LogP contribution in [0.5, 0.6) is 0 Å². The summed E-state index contributed by atoms with van der Waals surface area (Å²) in [7, 11) is 0. The van der Waals surface area contributed by atoms with Gasteiger partial charge < -0.3 is 5.11 Å². The number of amides is 1. The molecule has 0 aliphatic rings. The Bertz CT molecular complexity index is 276. The maximum Gasteiger partial charge on any atom is 0.431 e. The zero-order chi connectivity index (χ0) is 9.68. The van der Waals surface area contributed by atoms with Gasteiger partial charge in [0, 0.05) is 18.3 Å². The predicted octanol–water partition coefficient (Wildman–Crippen LogP) is 0.993. The third-order valence-electron chi connectivity index (χ3n) is 1.53. The lowest BCUT2D eigenvalue weighted by Crippen LogP contribution is -2.27. The van der Waals surface area contributed by atoms with E-state index in [2.05, 4.69) is 4.98 Å². The minimum Gasteiger partial charge on any atom is -0.463 e. The molecule has 0 fully saturated rings. The third-order valence-corrected chi connectivity index (χ3v) is 1.53. The SMILES string of the molecule is O=C(O)N(O)CCc1ccccn1. The van der Waals surface area contributed by atoms with Crippen LogP contribution in [0.3, 0.4) is 0 Å². The van der Waals surface area contributed by atoms with Crippen LogP contribution in [0.2, 0.25) is 0 Å². The molecular formula is C8H10N2O3. The van der Waals surface area contributed by atoms with Crippen LogP contribution in [-0.2, 0) is 6.42 Å². The summed E-state index contributed by atoms with van der Waals surface area (Å²) in [6.45, 7) is 0.0341. The van der Waals surface area contributed by atoms with Gasteiger partial charge >= 0.3 is 6.09 Å². The lowest BCUT2D eigenvalue weighted by atomic mass is 10.3.